The molecule has 1 saturated heterocycles. The van der Waals surface area contributed by atoms with Gasteiger partial charge in [-0.15, -0.1) is 0 Å². The zero-order chi connectivity index (χ0) is 19.9. The van der Waals surface area contributed by atoms with Crippen LogP contribution < -0.4 is 10.2 Å². The molecule has 1 aromatic carbocycles. The first kappa shape index (κ1) is 19.3. The Morgan fingerprint density at radius 2 is 1.79 bits per heavy atom. The highest BCUT2D eigenvalue weighted by molar-refractivity contribution is 6.07. The first-order valence-corrected chi connectivity index (χ1v) is 10.2. The number of carbonyl (C=O) groups is 1. The highest BCUT2D eigenvalue weighted by Gasteiger charge is 2.15. The Balaban J connectivity index is 1.48. The molecule has 0 saturated carbocycles. The monoisotopic (exact) mass is 386 g/mol. The largest absolute Gasteiger partial charge is 0.355 e. The van der Waals surface area contributed by atoms with Crippen molar-refractivity contribution in [3.8, 4) is 0 Å². The summed E-state index contributed by atoms with van der Waals surface area (Å²) in [5, 5.41) is 3.40. The van der Waals surface area contributed by atoms with E-state index in [1.165, 1.54) is 5.56 Å². The second kappa shape index (κ2) is 9.43. The Hall–Kier alpha value is -3.05. The zero-order valence-electron chi connectivity index (χ0n) is 16.6. The van der Waals surface area contributed by atoms with Crippen LogP contribution in [0.5, 0.6) is 0 Å². The van der Waals surface area contributed by atoms with Crippen molar-refractivity contribution in [2.24, 2.45) is 0 Å². The van der Waals surface area contributed by atoms with E-state index < -0.39 is 0 Å². The fourth-order valence-corrected chi connectivity index (χ4v) is 3.63. The minimum atomic E-state index is -0.0751. The van der Waals surface area contributed by atoms with Gasteiger partial charge in [0.25, 0.3) is 0 Å². The van der Waals surface area contributed by atoms with E-state index in [-0.39, 0.29) is 5.78 Å². The van der Waals surface area contributed by atoms with Gasteiger partial charge in [0.15, 0.2) is 0 Å². The van der Waals surface area contributed by atoms with Crippen LogP contribution in [-0.2, 0) is 12.8 Å². The van der Waals surface area contributed by atoms with Crippen LogP contribution in [0.25, 0.3) is 0 Å². The molecule has 1 aliphatic rings. The fraction of sp³-hybridized carbons (Fsp3) is 0.292. The minimum Gasteiger partial charge on any atom is -0.355 e. The third-order valence-corrected chi connectivity index (χ3v) is 5.23. The lowest BCUT2D eigenvalue weighted by atomic mass is 10.0. The molecule has 3 aromatic rings. The molecule has 1 fully saturated rings. The molecule has 5 nitrogen and oxygen atoms in total. The van der Waals surface area contributed by atoms with Crippen molar-refractivity contribution < 1.29 is 4.79 Å². The van der Waals surface area contributed by atoms with Crippen LogP contribution in [0.3, 0.4) is 0 Å². The fourth-order valence-electron chi connectivity index (χ4n) is 3.63. The van der Waals surface area contributed by atoms with Gasteiger partial charge in [-0.25, -0.2) is 4.98 Å². The summed E-state index contributed by atoms with van der Waals surface area (Å²) in [5.74, 6) is 0.793. The summed E-state index contributed by atoms with van der Waals surface area (Å²) in [5.41, 5.74) is 3.42. The van der Waals surface area contributed by atoms with Crippen molar-refractivity contribution in [3.05, 3.63) is 89.4 Å². The van der Waals surface area contributed by atoms with Crippen LogP contribution in [-0.4, -0.2) is 41.9 Å². The van der Waals surface area contributed by atoms with E-state index in [9.17, 15) is 4.79 Å². The van der Waals surface area contributed by atoms with E-state index in [0.29, 0.717) is 11.3 Å². The Bertz CT molecular complexity index is 950. The summed E-state index contributed by atoms with van der Waals surface area (Å²) < 4.78 is 0. The number of rotatable bonds is 6. The number of nitrogens with zero attached hydrogens (tertiary/aromatic N) is 3. The van der Waals surface area contributed by atoms with Crippen molar-refractivity contribution >= 4 is 11.6 Å². The van der Waals surface area contributed by atoms with Crippen LogP contribution in [0.15, 0.2) is 67.0 Å². The number of anilines is 1. The maximum Gasteiger partial charge on any atom is 0.212 e. The molecule has 5 heteroatoms. The maximum absolute atomic E-state index is 13.0. The van der Waals surface area contributed by atoms with Crippen LogP contribution >= 0.6 is 0 Å². The van der Waals surface area contributed by atoms with E-state index in [2.05, 4.69) is 32.3 Å². The zero-order valence-corrected chi connectivity index (χ0v) is 16.6. The van der Waals surface area contributed by atoms with E-state index in [0.717, 1.165) is 56.8 Å². The van der Waals surface area contributed by atoms with E-state index in [4.69, 9.17) is 0 Å². The van der Waals surface area contributed by atoms with Gasteiger partial charge in [0.2, 0.25) is 5.78 Å². The highest BCUT2D eigenvalue weighted by atomic mass is 16.1. The van der Waals surface area contributed by atoms with Gasteiger partial charge in [-0.05, 0) is 55.1 Å². The standard InChI is InChI=1S/C24H26N4O/c29-24(22-8-4-9-23(27-22)28-14-5-12-25-13-15-28)21-16-20(17-26-18-21)11-10-19-6-2-1-3-7-19/h1-4,6-9,16-18,25H,5,10-15H2. The Morgan fingerprint density at radius 3 is 2.69 bits per heavy atom. The van der Waals surface area contributed by atoms with Crippen molar-refractivity contribution in [2.75, 3.05) is 31.1 Å². The number of carbonyl (C=O) groups excluding carboxylic acids is 1. The average Bonchev–Trinajstić information content (AvgIpc) is 3.08. The molecule has 4 rings (SSSR count). The summed E-state index contributed by atoms with van der Waals surface area (Å²) in [7, 11) is 0. The van der Waals surface area contributed by atoms with Crippen molar-refractivity contribution in [2.45, 2.75) is 19.3 Å². The molecule has 0 bridgehead atoms. The number of benzene rings is 1. The van der Waals surface area contributed by atoms with Crippen LogP contribution in [0.4, 0.5) is 5.82 Å². The average molecular weight is 386 g/mol. The molecule has 1 N–H and O–H groups in total. The molecular weight excluding hydrogens is 360 g/mol. The molecule has 0 spiro atoms. The van der Waals surface area contributed by atoms with Crippen LogP contribution in [0, 0.1) is 0 Å². The molecule has 0 unspecified atom stereocenters. The third-order valence-electron chi connectivity index (χ3n) is 5.23. The molecule has 0 aliphatic carbocycles. The highest BCUT2D eigenvalue weighted by Crippen LogP contribution is 2.16. The second-order valence-corrected chi connectivity index (χ2v) is 7.37. The molecular formula is C24H26N4O. The first-order chi connectivity index (χ1) is 14.3. The Labute approximate surface area is 171 Å². The minimum absolute atomic E-state index is 0.0751. The molecule has 0 amide bonds. The number of hydrogen-bond acceptors (Lipinski definition) is 5. The third kappa shape index (κ3) is 5.06. The normalized spacial score (nSPS) is 14.4. The smallest absolute Gasteiger partial charge is 0.212 e. The van der Waals surface area contributed by atoms with Crippen molar-refractivity contribution in [3.63, 3.8) is 0 Å². The summed E-state index contributed by atoms with van der Waals surface area (Å²) >= 11 is 0. The van der Waals surface area contributed by atoms with Gasteiger partial charge in [0.1, 0.15) is 11.5 Å². The topological polar surface area (TPSA) is 58.1 Å². The summed E-state index contributed by atoms with van der Waals surface area (Å²) in [4.78, 5) is 24.2. The lowest BCUT2D eigenvalue weighted by molar-refractivity contribution is 0.103. The molecule has 3 heterocycles. The molecule has 2 aromatic heterocycles. The lowest BCUT2D eigenvalue weighted by Gasteiger charge is -2.21. The van der Waals surface area contributed by atoms with Crippen molar-refractivity contribution in [1.82, 2.24) is 15.3 Å². The summed E-state index contributed by atoms with van der Waals surface area (Å²) in [6.45, 7) is 3.82. The van der Waals surface area contributed by atoms with Crippen LogP contribution in [0.1, 0.15) is 33.6 Å². The van der Waals surface area contributed by atoms with E-state index in [1.807, 2.05) is 42.6 Å². The molecule has 0 radical (unpaired) electrons. The van der Waals surface area contributed by atoms with E-state index in [1.54, 1.807) is 12.3 Å². The summed E-state index contributed by atoms with van der Waals surface area (Å²) in [6.07, 6.45) is 6.34. The number of aromatic nitrogens is 2. The molecule has 1 aliphatic heterocycles. The number of nitrogens with one attached hydrogen (secondary N) is 1. The number of ketones is 1. The van der Waals surface area contributed by atoms with Crippen molar-refractivity contribution in [1.29, 1.82) is 0 Å². The predicted octanol–water partition coefficient (Wildman–Crippen LogP) is 3.29. The number of pyridine rings is 2. The van der Waals surface area contributed by atoms with Gasteiger partial charge in [-0.1, -0.05) is 36.4 Å². The number of hydrogen-bond donors (Lipinski definition) is 1. The van der Waals surface area contributed by atoms with Gasteiger partial charge in [-0.3, -0.25) is 9.78 Å². The second-order valence-electron chi connectivity index (χ2n) is 7.37. The Morgan fingerprint density at radius 1 is 0.931 bits per heavy atom. The van der Waals surface area contributed by atoms with Gasteiger partial charge < -0.3 is 10.2 Å². The predicted molar refractivity (Wildman–Crippen MR) is 115 cm³/mol. The molecule has 148 valence electrons. The Kier molecular flexibility index (Phi) is 6.27. The lowest BCUT2D eigenvalue weighted by Crippen LogP contribution is -2.28. The van der Waals surface area contributed by atoms with E-state index >= 15 is 0 Å². The quantitative estimate of drug-likeness (QED) is 0.659. The first-order valence-electron chi connectivity index (χ1n) is 10.2. The SMILES string of the molecule is O=C(c1cncc(CCc2ccccc2)c1)c1cccc(N2CCCNCC2)n1. The van der Waals surface area contributed by atoms with Gasteiger partial charge in [0.05, 0.1) is 0 Å². The van der Waals surface area contributed by atoms with Gasteiger partial charge in [-0.2, -0.15) is 0 Å². The van der Waals surface area contributed by atoms with Gasteiger partial charge in [0, 0.05) is 37.6 Å². The summed E-state index contributed by atoms with van der Waals surface area (Å²) in [6, 6.07) is 18.0. The van der Waals surface area contributed by atoms with Gasteiger partial charge >= 0.3 is 0 Å². The number of aryl methyl sites for hydroxylation is 2. The molecule has 0 atom stereocenters. The van der Waals surface area contributed by atoms with Crippen LogP contribution in [0.2, 0.25) is 0 Å². The maximum atomic E-state index is 13.0. The molecule has 29 heavy (non-hydrogen) atoms.